The summed E-state index contributed by atoms with van der Waals surface area (Å²) >= 11 is 4.41. The number of carbonyl (C=O) groups is 2. The highest BCUT2D eigenvalue weighted by Crippen LogP contribution is 2.24. The maximum atomic E-state index is 12.1. The van der Waals surface area contributed by atoms with Crippen molar-refractivity contribution in [2.45, 2.75) is 6.36 Å². The van der Waals surface area contributed by atoms with Gasteiger partial charge in [0, 0.05) is 15.8 Å². The number of rotatable bonds is 7. The fourth-order valence-electron chi connectivity index (χ4n) is 1.94. The fraction of sp³-hybridized carbons (Fsp3) is 0.176. The summed E-state index contributed by atoms with van der Waals surface area (Å²) in [6.07, 6.45) is -4.77. The van der Waals surface area contributed by atoms with Crippen LogP contribution in [0.5, 0.6) is 5.75 Å². The van der Waals surface area contributed by atoms with Gasteiger partial charge in [-0.15, -0.1) is 24.9 Å². The number of halogens is 4. The molecule has 0 aromatic heterocycles. The predicted molar refractivity (Wildman–Crippen MR) is 102 cm³/mol. The second-order valence-electron chi connectivity index (χ2n) is 5.17. The van der Waals surface area contributed by atoms with Crippen molar-refractivity contribution in [1.29, 1.82) is 0 Å². The number of hydrogen-bond acceptors (Lipinski definition) is 4. The van der Waals surface area contributed by atoms with E-state index in [0.29, 0.717) is 11.4 Å². The van der Waals surface area contributed by atoms with Crippen LogP contribution in [0.2, 0.25) is 0 Å². The molecular weight excluding hydrogens is 449 g/mol. The van der Waals surface area contributed by atoms with Crippen molar-refractivity contribution in [3.8, 4) is 5.75 Å². The highest BCUT2D eigenvalue weighted by atomic mass is 79.9. The van der Waals surface area contributed by atoms with Crippen LogP contribution in [0.15, 0.2) is 53.0 Å². The highest BCUT2D eigenvalue weighted by Gasteiger charge is 2.30. The van der Waals surface area contributed by atoms with Crippen LogP contribution in [-0.2, 0) is 9.59 Å². The lowest BCUT2D eigenvalue weighted by molar-refractivity contribution is -0.274. The van der Waals surface area contributed by atoms with Crippen molar-refractivity contribution in [3.63, 3.8) is 0 Å². The number of amides is 2. The second kappa shape index (κ2) is 9.65. The molecule has 5 nitrogen and oxygen atoms in total. The van der Waals surface area contributed by atoms with Crippen LogP contribution >= 0.6 is 27.7 Å². The van der Waals surface area contributed by atoms with Gasteiger partial charge in [0.15, 0.2) is 0 Å². The Morgan fingerprint density at radius 1 is 0.963 bits per heavy atom. The van der Waals surface area contributed by atoms with Crippen LogP contribution in [0.3, 0.4) is 0 Å². The Kier molecular flexibility index (Phi) is 7.55. The summed E-state index contributed by atoms with van der Waals surface area (Å²) in [5, 5.41) is 5.23. The van der Waals surface area contributed by atoms with E-state index in [0.717, 1.165) is 28.4 Å². The number of alkyl halides is 3. The summed E-state index contributed by atoms with van der Waals surface area (Å²) < 4.78 is 40.8. The third-order valence-corrected chi connectivity index (χ3v) is 4.37. The molecular formula is C17H14BrF3N2O3S. The van der Waals surface area contributed by atoms with E-state index in [-0.39, 0.29) is 29.1 Å². The third kappa shape index (κ3) is 8.35. The summed E-state index contributed by atoms with van der Waals surface area (Å²) in [7, 11) is 0. The van der Waals surface area contributed by atoms with Gasteiger partial charge in [-0.3, -0.25) is 9.59 Å². The first-order valence-electron chi connectivity index (χ1n) is 7.50. The van der Waals surface area contributed by atoms with Gasteiger partial charge in [-0.25, -0.2) is 0 Å². The van der Waals surface area contributed by atoms with Crippen molar-refractivity contribution in [1.82, 2.24) is 0 Å². The first-order valence-corrected chi connectivity index (χ1v) is 9.45. The molecule has 0 saturated carbocycles. The molecule has 2 N–H and O–H groups in total. The molecule has 0 fully saturated rings. The monoisotopic (exact) mass is 462 g/mol. The van der Waals surface area contributed by atoms with Crippen LogP contribution in [0, 0.1) is 0 Å². The molecule has 2 aromatic carbocycles. The second-order valence-corrected chi connectivity index (χ2v) is 7.07. The molecule has 2 aromatic rings. The number of anilines is 2. The van der Waals surface area contributed by atoms with Crippen LogP contribution in [0.25, 0.3) is 0 Å². The smallest absolute Gasteiger partial charge is 0.406 e. The minimum Gasteiger partial charge on any atom is -0.406 e. The molecule has 0 aliphatic rings. The zero-order valence-corrected chi connectivity index (χ0v) is 16.1. The van der Waals surface area contributed by atoms with Gasteiger partial charge in [0.2, 0.25) is 11.8 Å². The Morgan fingerprint density at radius 2 is 1.56 bits per heavy atom. The van der Waals surface area contributed by atoms with Gasteiger partial charge in [0.05, 0.1) is 11.5 Å². The molecule has 0 unspecified atom stereocenters. The van der Waals surface area contributed by atoms with Crippen molar-refractivity contribution in [2.75, 3.05) is 22.1 Å². The lowest BCUT2D eigenvalue weighted by Crippen LogP contribution is -2.18. The lowest BCUT2D eigenvalue weighted by Gasteiger charge is -2.10. The Morgan fingerprint density at radius 3 is 2.11 bits per heavy atom. The van der Waals surface area contributed by atoms with E-state index in [2.05, 4.69) is 31.3 Å². The van der Waals surface area contributed by atoms with E-state index in [9.17, 15) is 22.8 Å². The first-order chi connectivity index (χ1) is 12.7. The molecule has 10 heteroatoms. The predicted octanol–water partition coefficient (Wildman–Crippen LogP) is 4.66. The quantitative estimate of drug-likeness (QED) is 0.627. The van der Waals surface area contributed by atoms with Crippen LogP contribution < -0.4 is 15.4 Å². The van der Waals surface area contributed by atoms with E-state index in [1.54, 1.807) is 18.2 Å². The summed E-state index contributed by atoms with van der Waals surface area (Å²) in [6.45, 7) is 0. The fourth-order valence-corrected chi connectivity index (χ4v) is 2.95. The first kappa shape index (κ1) is 21.1. The Hall–Kier alpha value is -2.20. The zero-order chi connectivity index (χ0) is 19.9. The maximum Gasteiger partial charge on any atom is 0.573 e. The zero-order valence-electron chi connectivity index (χ0n) is 13.7. The molecule has 2 rings (SSSR count). The van der Waals surface area contributed by atoms with Gasteiger partial charge >= 0.3 is 6.36 Å². The van der Waals surface area contributed by atoms with Gasteiger partial charge in [-0.05, 0) is 42.5 Å². The van der Waals surface area contributed by atoms with Gasteiger partial charge in [0.1, 0.15) is 5.75 Å². The molecule has 0 saturated heterocycles. The molecule has 0 aliphatic heterocycles. The van der Waals surface area contributed by atoms with Gasteiger partial charge in [-0.1, -0.05) is 22.0 Å². The topological polar surface area (TPSA) is 67.4 Å². The standard InChI is InChI=1S/C17H14BrF3N2O3S/c18-11-2-1-3-13(8-11)23-16(25)10-27-9-15(24)22-12-4-6-14(7-5-12)26-17(19,20)21/h1-8H,9-10H2,(H,22,24)(H,23,25). The van der Waals surface area contributed by atoms with Crippen molar-refractivity contribution < 1.29 is 27.5 Å². The third-order valence-electron chi connectivity index (χ3n) is 2.95. The van der Waals surface area contributed by atoms with Crippen LogP contribution in [-0.4, -0.2) is 29.7 Å². The molecule has 0 radical (unpaired) electrons. The summed E-state index contributed by atoms with van der Waals surface area (Å²) in [5.41, 5.74) is 0.967. The summed E-state index contributed by atoms with van der Waals surface area (Å²) in [5.74, 6) is -0.899. The molecule has 0 atom stereocenters. The van der Waals surface area contributed by atoms with Gasteiger partial charge < -0.3 is 15.4 Å². The molecule has 0 spiro atoms. The van der Waals surface area contributed by atoms with E-state index in [1.165, 1.54) is 12.1 Å². The van der Waals surface area contributed by atoms with E-state index >= 15 is 0 Å². The Labute approximate surface area is 165 Å². The molecule has 27 heavy (non-hydrogen) atoms. The van der Waals surface area contributed by atoms with Gasteiger partial charge in [0.25, 0.3) is 0 Å². The number of benzene rings is 2. The minimum atomic E-state index is -4.77. The number of hydrogen-bond donors (Lipinski definition) is 2. The van der Waals surface area contributed by atoms with E-state index in [4.69, 9.17) is 0 Å². The highest BCUT2D eigenvalue weighted by molar-refractivity contribution is 9.10. The van der Waals surface area contributed by atoms with Crippen molar-refractivity contribution in [3.05, 3.63) is 53.0 Å². The van der Waals surface area contributed by atoms with Crippen molar-refractivity contribution in [2.24, 2.45) is 0 Å². The normalized spacial score (nSPS) is 11.0. The molecule has 144 valence electrons. The molecule has 0 bridgehead atoms. The maximum absolute atomic E-state index is 12.1. The SMILES string of the molecule is O=C(CSCC(=O)Nc1cccc(Br)c1)Nc1ccc(OC(F)(F)F)cc1. The largest absolute Gasteiger partial charge is 0.573 e. The lowest BCUT2D eigenvalue weighted by atomic mass is 10.3. The van der Waals surface area contributed by atoms with Crippen LogP contribution in [0.1, 0.15) is 0 Å². The average molecular weight is 463 g/mol. The average Bonchev–Trinajstić information content (AvgIpc) is 2.55. The van der Waals surface area contributed by atoms with E-state index < -0.39 is 6.36 Å². The molecule has 0 heterocycles. The molecule has 2 amide bonds. The Balaban J connectivity index is 1.72. The van der Waals surface area contributed by atoms with Crippen LogP contribution in [0.4, 0.5) is 24.5 Å². The Bertz CT molecular complexity index is 801. The minimum absolute atomic E-state index is 0.0205. The summed E-state index contributed by atoms with van der Waals surface area (Å²) in [6, 6.07) is 11.9. The number of carbonyl (C=O) groups excluding carboxylic acids is 2. The molecule has 0 aliphatic carbocycles. The van der Waals surface area contributed by atoms with Crippen molar-refractivity contribution >= 4 is 50.9 Å². The summed E-state index contributed by atoms with van der Waals surface area (Å²) in [4.78, 5) is 23.7. The van der Waals surface area contributed by atoms with Gasteiger partial charge in [-0.2, -0.15) is 0 Å². The number of ether oxygens (including phenoxy) is 1. The number of thioether (sulfide) groups is 1. The van der Waals surface area contributed by atoms with E-state index in [1.807, 2.05) is 6.07 Å². The number of nitrogens with one attached hydrogen (secondary N) is 2.